The Morgan fingerprint density at radius 3 is 2.54 bits per heavy atom. The Morgan fingerprint density at radius 1 is 1.23 bits per heavy atom. The molecule has 1 fully saturated rings. The molecule has 2 aromatic carbocycles. The molecule has 1 heterocycles. The lowest BCUT2D eigenvalue weighted by atomic mass is 9.93. The summed E-state index contributed by atoms with van der Waals surface area (Å²) in [7, 11) is 0. The Bertz CT molecular complexity index is 1310. The van der Waals surface area contributed by atoms with E-state index in [2.05, 4.69) is 10.4 Å². The molecule has 1 amide bonds. The van der Waals surface area contributed by atoms with Crippen molar-refractivity contribution in [3.05, 3.63) is 69.4 Å². The van der Waals surface area contributed by atoms with Crippen molar-refractivity contribution in [2.75, 3.05) is 5.32 Å². The number of hydrogen-bond donors (Lipinski definition) is 1. The van der Waals surface area contributed by atoms with Gasteiger partial charge in [0.2, 0.25) is 0 Å². The van der Waals surface area contributed by atoms with Gasteiger partial charge in [0.15, 0.2) is 6.10 Å². The van der Waals surface area contributed by atoms with Crippen molar-refractivity contribution in [2.45, 2.75) is 44.5 Å². The summed E-state index contributed by atoms with van der Waals surface area (Å²) >= 11 is 5.89. The fourth-order valence-electron chi connectivity index (χ4n) is 3.43. The van der Waals surface area contributed by atoms with Crippen LogP contribution in [0.25, 0.3) is 5.69 Å². The van der Waals surface area contributed by atoms with Gasteiger partial charge in [-0.05, 0) is 44.4 Å². The maximum Gasteiger partial charge on any atom is 0.425 e. The van der Waals surface area contributed by atoms with Crippen molar-refractivity contribution in [2.24, 2.45) is 0 Å². The van der Waals surface area contributed by atoms with Crippen molar-refractivity contribution in [1.29, 1.82) is 0 Å². The van der Waals surface area contributed by atoms with Crippen LogP contribution in [-0.4, -0.2) is 32.5 Å². The number of alkyl halides is 3. The van der Waals surface area contributed by atoms with Crippen molar-refractivity contribution in [1.82, 2.24) is 14.3 Å². The molecule has 0 aliphatic heterocycles. The maximum absolute atomic E-state index is 15.1. The second-order valence-electron chi connectivity index (χ2n) is 7.97. The molecule has 13 heteroatoms. The Kier molecular flexibility index (Phi) is 6.58. The number of halogens is 6. The summed E-state index contributed by atoms with van der Waals surface area (Å²) in [5, 5.41) is 5.80. The molecule has 186 valence electrons. The number of benzene rings is 2. The number of para-hydroxylation sites is 1. The van der Waals surface area contributed by atoms with Crippen LogP contribution in [0.15, 0.2) is 41.5 Å². The summed E-state index contributed by atoms with van der Waals surface area (Å²) in [4.78, 5) is 25.5. The topological polar surface area (TPSA) is 78.2 Å². The van der Waals surface area contributed by atoms with Crippen LogP contribution in [0.4, 0.5) is 27.6 Å². The minimum Gasteiger partial charge on any atom is -0.480 e. The Labute approximate surface area is 200 Å². The molecule has 35 heavy (non-hydrogen) atoms. The standard InChI is InChI=1S/C22H18ClF5N4O3/c1-11(22(26,27)28)35-18-9-17(32-21(34)31(10-29-32)12-4-2-5-12)16(25)8-13(18)20(33)30-19-14(23)6-3-7-15(19)24/h3,6-12H,2,4-5H2,1H3,(H,30,33)/t11-/m0/s1. The molecule has 0 bridgehead atoms. The first-order chi connectivity index (χ1) is 16.5. The van der Waals surface area contributed by atoms with Crippen molar-refractivity contribution >= 4 is 23.2 Å². The number of nitrogens with one attached hydrogen (secondary N) is 1. The first kappa shape index (κ1) is 24.7. The Morgan fingerprint density at radius 2 is 1.94 bits per heavy atom. The highest BCUT2D eigenvalue weighted by atomic mass is 35.5. The van der Waals surface area contributed by atoms with Crippen LogP contribution >= 0.6 is 11.6 Å². The number of anilines is 1. The zero-order valence-corrected chi connectivity index (χ0v) is 18.8. The van der Waals surface area contributed by atoms with Crippen molar-refractivity contribution < 1.29 is 31.5 Å². The summed E-state index contributed by atoms with van der Waals surface area (Å²) in [5.74, 6) is -3.93. The largest absolute Gasteiger partial charge is 0.480 e. The third-order valence-corrected chi connectivity index (χ3v) is 5.96. The van der Waals surface area contributed by atoms with Crippen LogP contribution in [0.1, 0.15) is 42.6 Å². The molecule has 1 aliphatic carbocycles. The van der Waals surface area contributed by atoms with E-state index in [0.717, 1.165) is 31.4 Å². The van der Waals surface area contributed by atoms with E-state index in [9.17, 15) is 27.2 Å². The van der Waals surface area contributed by atoms with Crippen molar-refractivity contribution in [3.63, 3.8) is 0 Å². The van der Waals surface area contributed by atoms with Crippen molar-refractivity contribution in [3.8, 4) is 11.4 Å². The van der Waals surface area contributed by atoms with E-state index in [1.807, 2.05) is 0 Å². The number of rotatable bonds is 6. The molecule has 1 N–H and O–H groups in total. The van der Waals surface area contributed by atoms with Gasteiger partial charge in [-0.3, -0.25) is 9.36 Å². The zero-order valence-electron chi connectivity index (χ0n) is 18.1. The molecule has 0 saturated heterocycles. The van der Waals surface area contributed by atoms with Crippen LogP contribution in [-0.2, 0) is 0 Å². The molecular formula is C22H18ClF5N4O3. The van der Waals surface area contributed by atoms with Crippen LogP contribution in [0.2, 0.25) is 5.02 Å². The monoisotopic (exact) mass is 516 g/mol. The second-order valence-corrected chi connectivity index (χ2v) is 8.38. The number of amides is 1. The van der Waals surface area contributed by atoms with E-state index < -0.39 is 58.2 Å². The quantitative estimate of drug-likeness (QED) is 0.453. The molecule has 0 unspecified atom stereocenters. The van der Waals surface area contributed by atoms with Crippen LogP contribution < -0.4 is 15.7 Å². The molecule has 1 atom stereocenters. The Hall–Kier alpha value is -3.41. The van der Waals surface area contributed by atoms with Gasteiger partial charge in [-0.15, -0.1) is 0 Å². The summed E-state index contributed by atoms with van der Waals surface area (Å²) in [6.45, 7) is 0.690. The van der Waals surface area contributed by atoms with Gasteiger partial charge in [0, 0.05) is 12.1 Å². The first-order valence-electron chi connectivity index (χ1n) is 10.5. The fraction of sp³-hybridized carbons (Fsp3) is 0.318. The maximum atomic E-state index is 15.1. The SMILES string of the molecule is C[C@H](Oc1cc(-n2ncn(C3CCC3)c2=O)c(F)cc1C(=O)Nc1c(F)cccc1Cl)C(F)(F)F. The van der Waals surface area contributed by atoms with Gasteiger partial charge in [-0.25, -0.2) is 13.6 Å². The molecular weight excluding hydrogens is 499 g/mol. The van der Waals surface area contributed by atoms with E-state index in [4.69, 9.17) is 16.3 Å². The zero-order chi connectivity index (χ0) is 25.5. The first-order valence-corrected chi connectivity index (χ1v) is 10.8. The normalized spacial score (nSPS) is 14.9. The minimum atomic E-state index is -4.82. The highest BCUT2D eigenvalue weighted by Gasteiger charge is 2.39. The summed E-state index contributed by atoms with van der Waals surface area (Å²) in [6, 6.07) is 4.82. The van der Waals surface area contributed by atoms with Gasteiger partial charge in [0.05, 0.1) is 16.3 Å². The number of nitrogens with zero attached hydrogens (tertiary/aromatic N) is 3. The lowest BCUT2D eigenvalue weighted by molar-refractivity contribution is -0.189. The predicted octanol–water partition coefficient (Wildman–Crippen LogP) is 5.27. The lowest BCUT2D eigenvalue weighted by Gasteiger charge is -2.25. The average Bonchev–Trinajstić information content (AvgIpc) is 3.10. The molecule has 0 radical (unpaired) electrons. The second kappa shape index (κ2) is 9.33. The molecule has 7 nitrogen and oxygen atoms in total. The van der Waals surface area contributed by atoms with Crippen LogP contribution in [0.3, 0.4) is 0 Å². The summed E-state index contributed by atoms with van der Waals surface area (Å²) in [5.41, 5.74) is -2.33. The van der Waals surface area contributed by atoms with Gasteiger partial charge in [0.1, 0.15) is 29.4 Å². The number of hydrogen-bond acceptors (Lipinski definition) is 4. The van der Waals surface area contributed by atoms with E-state index in [0.29, 0.717) is 17.7 Å². The number of carbonyl (C=O) groups excluding carboxylic acids is 1. The lowest BCUT2D eigenvalue weighted by Crippen LogP contribution is -2.32. The summed E-state index contributed by atoms with van der Waals surface area (Å²) in [6.07, 6.45) is -3.61. The molecule has 1 aliphatic rings. The highest BCUT2D eigenvalue weighted by molar-refractivity contribution is 6.34. The third-order valence-electron chi connectivity index (χ3n) is 5.65. The van der Waals surface area contributed by atoms with E-state index in [1.54, 1.807) is 0 Å². The number of aromatic nitrogens is 3. The fourth-order valence-corrected chi connectivity index (χ4v) is 3.64. The van der Waals surface area contributed by atoms with Gasteiger partial charge in [-0.2, -0.15) is 23.0 Å². The van der Waals surface area contributed by atoms with Crippen LogP contribution in [0.5, 0.6) is 5.75 Å². The van der Waals surface area contributed by atoms with Crippen LogP contribution in [0, 0.1) is 11.6 Å². The highest BCUT2D eigenvalue weighted by Crippen LogP contribution is 2.33. The average molecular weight is 517 g/mol. The van der Waals surface area contributed by atoms with Gasteiger partial charge in [0.25, 0.3) is 5.91 Å². The minimum absolute atomic E-state index is 0.101. The number of carbonyl (C=O) groups is 1. The predicted molar refractivity (Wildman–Crippen MR) is 116 cm³/mol. The van der Waals surface area contributed by atoms with E-state index in [-0.39, 0.29) is 11.1 Å². The van der Waals surface area contributed by atoms with E-state index in [1.165, 1.54) is 23.0 Å². The van der Waals surface area contributed by atoms with Gasteiger partial charge < -0.3 is 10.1 Å². The molecule has 0 spiro atoms. The number of ether oxygens (including phenoxy) is 1. The summed E-state index contributed by atoms with van der Waals surface area (Å²) < 4.78 is 75.7. The molecule has 3 aromatic rings. The van der Waals surface area contributed by atoms with E-state index >= 15 is 4.39 Å². The Balaban J connectivity index is 1.77. The van der Waals surface area contributed by atoms with Gasteiger partial charge in [-0.1, -0.05) is 17.7 Å². The molecule has 4 rings (SSSR count). The smallest absolute Gasteiger partial charge is 0.425 e. The molecule has 1 saturated carbocycles. The third kappa shape index (κ3) is 4.88. The van der Waals surface area contributed by atoms with Gasteiger partial charge >= 0.3 is 11.9 Å². The molecule has 1 aromatic heterocycles.